The summed E-state index contributed by atoms with van der Waals surface area (Å²) < 4.78 is 23.1. The topological polar surface area (TPSA) is 126 Å². The zero-order valence-electron chi connectivity index (χ0n) is 22.8. The van der Waals surface area contributed by atoms with E-state index in [4.69, 9.17) is 15.6 Å². The van der Waals surface area contributed by atoms with E-state index in [2.05, 4.69) is 15.4 Å². The second kappa shape index (κ2) is 19.7. The number of amides is 3. The van der Waals surface area contributed by atoms with Crippen molar-refractivity contribution in [3.63, 3.8) is 0 Å². The quantitative estimate of drug-likeness (QED) is 0.310. The summed E-state index contributed by atoms with van der Waals surface area (Å²) in [5.74, 6) is 0.329. The van der Waals surface area contributed by atoms with E-state index in [1.807, 2.05) is 20.0 Å². The van der Waals surface area contributed by atoms with Crippen LogP contribution in [0.3, 0.4) is 0 Å². The van der Waals surface area contributed by atoms with Gasteiger partial charge in [0.2, 0.25) is 0 Å². The highest BCUT2D eigenvalue weighted by Crippen LogP contribution is 2.18. The molecule has 1 aliphatic heterocycles. The molecular weight excluding hydrogens is 479 g/mol. The normalized spacial score (nSPS) is 16.0. The number of rotatable bonds is 12. The van der Waals surface area contributed by atoms with Crippen molar-refractivity contribution in [3.8, 4) is 0 Å². The number of aryl methyl sites for hydroxylation is 2. The van der Waals surface area contributed by atoms with Crippen molar-refractivity contribution in [2.75, 3.05) is 53.6 Å². The number of ether oxygens (including phenoxy) is 2. The van der Waals surface area contributed by atoms with Crippen molar-refractivity contribution in [1.82, 2.24) is 15.5 Å². The van der Waals surface area contributed by atoms with Gasteiger partial charge >= 0.3 is 12.1 Å². The molecule has 0 radical (unpaired) electrons. The number of alkyl carbamates (subject to hydrolysis) is 1. The number of hydrogen-bond donors (Lipinski definition) is 4. The van der Waals surface area contributed by atoms with Gasteiger partial charge in [0.15, 0.2) is 0 Å². The lowest BCUT2D eigenvalue weighted by molar-refractivity contribution is 0.110. The number of carbonyl (C=O) groups excluding carboxylic acids is 2. The fourth-order valence-corrected chi connectivity index (χ4v) is 4.10. The van der Waals surface area contributed by atoms with Crippen LogP contribution in [-0.4, -0.2) is 81.8 Å². The molecule has 1 aromatic rings. The Morgan fingerprint density at radius 3 is 2.78 bits per heavy atom. The molecular formula is C27H47FN4O5. The third-order valence-electron chi connectivity index (χ3n) is 6.32. The molecule has 1 unspecified atom stereocenters. The van der Waals surface area contributed by atoms with Gasteiger partial charge in [0, 0.05) is 45.9 Å². The lowest BCUT2D eigenvalue weighted by Gasteiger charge is -2.22. The molecule has 10 heteroatoms. The van der Waals surface area contributed by atoms with Crippen molar-refractivity contribution in [3.05, 3.63) is 35.1 Å². The van der Waals surface area contributed by atoms with Crippen LogP contribution in [-0.2, 0) is 15.9 Å². The molecule has 2 atom stereocenters. The Hall–Kier alpha value is -2.43. The average Bonchev–Trinajstić information content (AvgIpc) is 3.16. The van der Waals surface area contributed by atoms with Gasteiger partial charge in [-0.05, 0) is 74.6 Å². The number of urea groups is 1. The van der Waals surface area contributed by atoms with Gasteiger partial charge in [-0.15, -0.1) is 0 Å². The number of aliphatic hydroxyl groups excluding tert-OH is 1. The molecule has 0 spiro atoms. The van der Waals surface area contributed by atoms with Gasteiger partial charge in [-0.3, -0.25) is 0 Å². The zero-order chi connectivity index (χ0) is 27.5. The molecule has 9 nitrogen and oxygen atoms in total. The molecule has 212 valence electrons. The van der Waals surface area contributed by atoms with Crippen LogP contribution in [0.15, 0.2) is 18.2 Å². The number of halogens is 1. The minimum Gasteiger partial charge on any atom is -0.453 e. The molecule has 0 saturated carbocycles. The summed E-state index contributed by atoms with van der Waals surface area (Å²) in [5, 5.41) is 13.4. The van der Waals surface area contributed by atoms with Crippen molar-refractivity contribution in [2.24, 2.45) is 11.7 Å². The molecule has 1 fully saturated rings. The highest BCUT2D eigenvalue weighted by Gasteiger charge is 2.17. The Morgan fingerprint density at radius 1 is 1.27 bits per heavy atom. The summed E-state index contributed by atoms with van der Waals surface area (Å²) in [6.45, 7) is 5.05. The van der Waals surface area contributed by atoms with Gasteiger partial charge in [-0.1, -0.05) is 18.9 Å². The molecule has 2 rings (SSSR count). The maximum atomic E-state index is 13.3. The number of methoxy groups -OCH3 is 1. The molecule has 3 amide bonds. The number of benzene rings is 1. The van der Waals surface area contributed by atoms with Gasteiger partial charge in [0.1, 0.15) is 5.82 Å². The summed E-state index contributed by atoms with van der Waals surface area (Å²) >= 11 is 0. The number of nitrogens with zero attached hydrogens (tertiary/aromatic N) is 1. The number of aliphatic hydroxyl groups is 1. The number of unbranched alkanes of at least 4 members (excludes halogenated alkanes) is 2. The van der Waals surface area contributed by atoms with Gasteiger partial charge in [-0.2, -0.15) is 0 Å². The van der Waals surface area contributed by atoms with Crippen molar-refractivity contribution in [2.45, 2.75) is 64.3 Å². The van der Waals surface area contributed by atoms with Crippen molar-refractivity contribution in [1.29, 1.82) is 0 Å². The van der Waals surface area contributed by atoms with Crippen molar-refractivity contribution >= 4 is 12.1 Å². The summed E-state index contributed by atoms with van der Waals surface area (Å²) in [4.78, 5) is 24.1. The molecule has 0 aromatic heterocycles. The molecule has 1 saturated heterocycles. The smallest absolute Gasteiger partial charge is 0.406 e. The molecule has 1 heterocycles. The Morgan fingerprint density at radius 2 is 2.05 bits per heavy atom. The Bertz CT molecular complexity index is 775. The molecule has 0 aliphatic carbocycles. The first-order chi connectivity index (χ1) is 17.8. The first kappa shape index (κ1) is 32.6. The van der Waals surface area contributed by atoms with Crippen LogP contribution in [0.4, 0.5) is 14.0 Å². The number of carbonyl (C=O) groups is 2. The second-order valence-electron chi connectivity index (χ2n) is 9.56. The van der Waals surface area contributed by atoms with Crippen LogP contribution in [0.5, 0.6) is 0 Å². The third kappa shape index (κ3) is 15.4. The number of nitrogens with two attached hydrogens (primary N) is 1. The van der Waals surface area contributed by atoms with E-state index in [-0.39, 0.29) is 31.0 Å². The summed E-state index contributed by atoms with van der Waals surface area (Å²) in [6.07, 6.45) is 7.69. The lowest BCUT2D eigenvalue weighted by atomic mass is 9.96. The van der Waals surface area contributed by atoms with E-state index in [0.29, 0.717) is 19.0 Å². The van der Waals surface area contributed by atoms with E-state index in [1.54, 1.807) is 11.0 Å². The van der Waals surface area contributed by atoms with Crippen LogP contribution in [0, 0.1) is 18.7 Å². The van der Waals surface area contributed by atoms with Crippen LogP contribution in [0.25, 0.3) is 0 Å². The molecule has 37 heavy (non-hydrogen) atoms. The second-order valence-corrected chi connectivity index (χ2v) is 9.56. The van der Waals surface area contributed by atoms with Crippen LogP contribution >= 0.6 is 0 Å². The summed E-state index contributed by atoms with van der Waals surface area (Å²) in [5.41, 5.74) is 8.41. The molecule has 5 N–H and O–H groups in total. The third-order valence-corrected chi connectivity index (χ3v) is 6.32. The fraction of sp³-hybridized carbons (Fsp3) is 0.704. The fourth-order valence-electron chi connectivity index (χ4n) is 4.10. The van der Waals surface area contributed by atoms with E-state index in [0.717, 1.165) is 69.3 Å². The predicted octanol–water partition coefficient (Wildman–Crippen LogP) is 3.36. The lowest BCUT2D eigenvalue weighted by Crippen LogP contribution is -2.44. The van der Waals surface area contributed by atoms with Gasteiger partial charge in [0.25, 0.3) is 0 Å². The standard InChI is InChI=1S/C23H38FN3O2.C4H9NO3/c1-18-10-11-21(24)15-20(18)9-4-3-6-12-27(2)23(28)26-16-22(25)14-19-8-5-7-13-29-17-19;1-8-4(7)5-2-3-6/h10-11,15,19,22H,3-9,12-14,16-17,25H2,1-2H3,(H,26,28);6H,2-3H2,1H3,(H,5,7)/t19-,22?;/m1./s1. The summed E-state index contributed by atoms with van der Waals surface area (Å²) in [6, 6.07) is 4.85. The van der Waals surface area contributed by atoms with Crippen molar-refractivity contribution < 1.29 is 28.6 Å². The largest absolute Gasteiger partial charge is 0.453 e. The first-order valence-electron chi connectivity index (χ1n) is 13.3. The van der Waals surface area contributed by atoms with E-state index in [9.17, 15) is 14.0 Å². The highest BCUT2D eigenvalue weighted by molar-refractivity contribution is 5.73. The minimum atomic E-state index is -0.515. The monoisotopic (exact) mass is 526 g/mol. The van der Waals surface area contributed by atoms with Gasteiger partial charge < -0.3 is 35.8 Å². The van der Waals surface area contributed by atoms with Crippen LogP contribution in [0.2, 0.25) is 0 Å². The Kier molecular flexibility index (Phi) is 17.3. The van der Waals surface area contributed by atoms with Gasteiger partial charge in [-0.25, -0.2) is 14.0 Å². The van der Waals surface area contributed by atoms with E-state index >= 15 is 0 Å². The first-order valence-corrected chi connectivity index (χ1v) is 13.3. The Balaban J connectivity index is 0.000000738. The minimum absolute atomic E-state index is 0.0337. The molecule has 1 aliphatic rings. The zero-order valence-corrected chi connectivity index (χ0v) is 22.8. The van der Waals surface area contributed by atoms with Gasteiger partial charge in [0.05, 0.1) is 13.7 Å². The number of nitrogens with one attached hydrogen (secondary N) is 2. The highest BCUT2D eigenvalue weighted by atomic mass is 19.1. The van der Waals surface area contributed by atoms with Crippen LogP contribution in [0.1, 0.15) is 56.1 Å². The van der Waals surface area contributed by atoms with E-state index < -0.39 is 6.09 Å². The SMILES string of the molecule is COC(=O)NCCO.Cc1ccc(F)cc1CCCCCN(C)C(=O)NCC(N)C[C@H]1CCCCOC1. The average molecular weight is 527 g/mol. The maximum absolute atomic E-state index is 13.3. The number of hydrogen-bond acceptors (Lipinski definition) is 6. The molecule has 1 aromatic carbocycles. The molecule has 0 bridgehead atoms. The summed E-state index contributed by atoms with van der Waals surface area (Å²) in [7, 11) is 3.09. The predicted molar refractivity (Wildman–Crippen MR) is 143 cm³/mol. The van der Waals surface area contributed by atoms with Crippen LogP contribution < -0.4 is 16.4 Å². The Labute approximate surface area is 221 Å². The van der Waals surface area contributed by atoms with E-state index in [1.165, 1.54) is 19.6 Å². The maximum Gasteiger partial charge on any atom is 0.406 e.